The Balaban J connectivity index is 0.00000242. The molecule has 1 aromatic rings. The fraction of sp³-hybridized carbons (Fsp3) is 0.533. The van der Waals surface area contributed by atoms with Crippen LogP contribution in [0.15, 0.2) is 23.1 Å². The van der Waals surface area contributed by atoms with Crippen LogP contribution in [0.25, 0.3) is 0 Å². The molecule has 1 saturated heterocycles. The zero-order chi connectivity index (χ0) is 15.2. The summed E-state index contributed by atoms with van der Waals surface area (Å²) < 4.78 is 25.9. The van der Waals surface area contributed by atoms with E-state index in [1.807, 2.05) is 11.9 Å². The Hall–Kier alpha value is -0.850. The molecule has 3 nitrogen and oxygen atoms in total. The maximum absolute atomic E-state index is 13.1. The summed E-state index contributed by atoms with van der Waals surface area (Å²) in [4.78, 5) is 14.6. The standard InChI is InChI=1S/C15H20F2N2OS.ClH/c1-18-8-11-3-2-6-19(9-11)15(20)10-21-12-4-5-13(16)14(17)7-12;/h4-5,7,11,18H,2-3,6,8-10H2,1H3;1H. The average molecular weight is 351 g/mol. The molecule has 124 valence electrons. The highest BCUT2D eigenvalue weighted by atomic mass is 35.5. The summed E-state index contributed by atoms with van der Waals surface area (Å²) in [7, 11) is 1.92. The van der Waals surface area contributed by atoms with Gasteiger partial charge in [-0.1, -0.05) is 0 Å². The quantitative estimate of drug-likeness (QED) is 0.829. The molecule has 0 aliphatic carbocycles. The number of hydrogen-bond acceptors (Lipinski definition) is 3. The zero-order valence-corrected chi connectivity index (χ0v) is 14.1. The molecule has 1 unspecified atom stereocenters. The Morgan fingerprint density at radius 1 is 1.41 bits per heavy atom. The minimum absolute atomic E-state index is 0. The van der Waals surface area contributed by atoms with Gasteiger partial charge in [0, 0.05) is 18.0 Å². The largest absolute Gasteiger partial charge is 0.342 e. The fourth-order valence-corrected chi connectivity index (χ4v) is 3.37. The van der Waals surface area contributed by atoms with Crippen LogP contribution in [-0.4, -0.2) is 43.2 Å². The number of hydrogen-bond donors (Lipinski definition) is 1. The predicted molar refractivity (Wildman–Crippen MR) is 87.6 cm³/mol. The van der Waals surface area contributed by atoms with Gasteiger partial charge in [-0.15, -0.1) is 24.2 Å². The van der Waals surface area contributed by atoms with Gasteiger partial charge in [-0.3, -0.25) is 4.79 Å². The second kappa shape index (κ2) is 9.33. The minimum Gasteiger partial charge on any atom is -0.342 e. The summed E-state index contributed by atoms with van der Waals surface area (Å²) in [5.41, 5.74) is 0. The normalized spacial score (nSPS) is 18.0. The number of piperidine rings is 1. The summed E-state index contributed by atoms with van der Waals surface area (Å²) in [6.45, 7) is 2.48. The molecule has 1 amide bonds. The van der Waals surface area contributed by atoms with Gasteiger partial charge in [0.05, 0.1) is 5.75 Å². The van der Waals surface area contributed by atoms with Crippen LogP contribution in [0.4, 0.5) is 8.78 Å². The van der Waals surface area contributed by atoms with E-state index in [-0.39, 0.29) is 24.1 Å². The molecule has 1 fully saturated rings. The number of amides is 1. The summed E-state index contributed by atoms with van der Waals surface area (Å²) in [5.74, 6) is -0.917. The SMILES string of the molecule is CNCC1CCCN(C(=O)CSc2ccc(F)c(F)c2)C1.Cl. The van der Waals surface area contributed by atoms with Crippen molar-refractivity contribution in [1.29, 1.82) is 0 Å². The Morgan fingerprint density at radius 3 is 2.86 bits per heavy atom. The van der Waals surface area contributed by atoms with Crippen LogP contribution >= 0.6 is 24.2 Å². The van der Waals surface area contributed by atoms with Crippen LogP contribution in [0, 0.1) is 17.6 Å². The van der Waals surface area contributed by atoms with Crippen LogP contribution < -0.4 is 5.32 Å². The molecule has 7 heteroatoms. The van der Waals surface area contributed by atoms with Gasteiger partial charge in [-0.2, -0.15) is 0 Å². The molecule has 1 aliphatic rings. The van der Waals surface area contributed by atoms with Crippen molar-refractivity contribution in [2.45, 2.75) is 17.7 Å². The van der Waals surface area contributed by atoms with Gasteiger partial charge in [0.15, 0.2) is 11.6 Å². The lowest BCUT2D eigenvalue weighted by atomic mass is 9.98. The molecule has 2 rings (SSSR count). The number of likely N-dealkylation sites (tertiary alicyclic amines) is 1. The van der Waals surface area contributed by atoms with Gasteiger partial charge >= 0.3 is 0 Å². The second-order valence-corrected chi connectivity index (χ2v) is 6.32. The number of nitrogens with zero attached hydrogens (tertiary/aromatic N) is 1. The molecular weight excluding hydrogens is 330 g/mol. The van der Waals surface area contributed by atoms with Gasteiger partial charge in [-0.25, -0.2) is 8.78 Å². The van der Waals surface area contributed by atoms with E-state index in [1.165, 1.54) is 17.8 Å². The van der Waals surface area contributed by atoms with Crippen LogP contribution in [0.5, 0.6) is 0 Å². The number of rotatable bonds is 5. The maximum Gasteiger partial charge on any atom is 0.232 e. The third-order valence-corrected chi connectivity index (χ3v) is 4.60. The smallest absolute Gasteiger partial charge is 0.232 e. The third kappa shape index (κ3) is 5.41. The molecule has 0 spiro atoms. The highest BCUT2D eigenvalue weighted by molar-refractivity contribution is 8.00. The van der Waals surface area contributed by atoms with E-state index in [0.29, 0.717) is 10.8 Å². The number of benzene rings is 1. The molecule has 1 heterocycles. The first-order chi connectivity index (χ1) is 10.1. The van der Waals surface area contributed by atoms with Crippen molar-refractivity contribution in [2.24, 2.45) is 5.92 Å². The average Bonchev–Trinajstić information content (AvgIpc) is 2.49. The highest BCUT2D eigenvalue weighted by Gasteiger charge is 2.23. The number of halogens is 3. The summed E-state index contributed by atoms with van der Waals surface area (Å²) in [6.07, 6.45) is 2.16. The van der Waals surface area contributed by atoms with E-state index in [4.69, 9.17) is 0 Å². The molecule has 0 saturated carbocycles. The van der Waals surface area contributed by atoms with Crippen LogP contribution in [0.1, 0.15) is 12.8 Å². The Morgan fingerprint density at radius 2 is 2.18 bits per heavy atom. The first-order valence-electron chi connectivity index (χ1n) is 7.10. The van der Waals surface area contributed by atoms with Crippen molar-refractivity contribution in [3.8, 4) is 0 Å². The third-order valence-electron chi connectivity index (χ3n) is 3.62. The van der Waals surface area contributed by atoms with Gasteiger partial charge in [0.1, 0.15) is 0 Å². The summed E-state index contributed by atoms with van der Waals surface area (Å²) in [5, 5.41) is 3.15. The topological polar surface area (TPSA) is 32.3 Å². The number of carbonyl (C=O) groups excluding carboxylic acids is 1. The van der Waals surface area contributed by atoms with E-state index >= 15 is 0 Å². The number of nitrogens with one attached hydrogen (secondary N) is 1. The Bertz CT molecular complexity index is 502. The van der Waals surface area contributed by atoms with E-state index in [9.17, 15) is 13.6 Å². The van der Waals surface area contributed by atoms with E-state index in [1.54, 1.807) is 0 Å². The second-order valence-electron chi connectivity index (χ2n) is 5.27. The molecule has 22 heavy (non-hydrogen) atoms. The minimum atomic E-state index is -0.875. The van der Waals surface area contributed by atoms with Gasteiger partial charge in [0.25, 0.3) is 0 Å². The molecule has 1 aromatic carbocycles. The van der Waals surface area contributed by atoms with Crippen LogP contribution in [0.3, 0.4) is 0 Å². The van der Waals surface area contributed by atoms with Gasteiger partial charge in [-0.05, 0) is 50.6 Å². The van der Waals surface area contributed by atoms with E-state index in [2.05, 4.69) is 5.32 Å². The van der Waals surface area contributed by atoms with Crippen molar-refractivity contribution in [3.63, 3.8) is 0 Å². The zero-order valence-electron chi connectivity index (χ0n) is 12.5. The van der Waals surface area contributed by atoms with Crippen LogP contribution in [-0.2, 0) is 4.79 Å². The molecule has 1 atom stereocenters. The van der Waals surface area contributed by atoms with Gasteiger partial charge in [0.2, 0.25) is 5.91 Å². The van der Waals surface area contributed by atoms with Crippen molar-refractivity contribution in [3.05, 3.63) is 29.8 Å². The Kier molecular flexibility index (Phi) is 8.14. The lowest BCUT2D eigenvalue weighted by Gasteiger charge is -2.32. The maximum atomic E-state index is 13.1. The lowest BCUT2D eigenvalue weighted by molar-refractivity contribution is -0.130. The highest BCUT2D eigenvalue weighted by Crippen LogP contribution is 2.22. The monoisotopic (exact) mass is 350 g/mol. The first kappa shape index (κ1) is 19.2. The van der Waals surface area contributed by atoms with Crippen molar-refractivity contribution in [1.82, 2.24) is 10.2 Å². The first-order valence-corrected chi connectivity index (χ1v) is 8.09. The number of carbonyl (C=O) groups is 1. The molecule has 1 N–H and O–H groups in total. The van der Waals surface area contributed by atoms with E-state index < -0.39 is 11.6 Å². The molecular formula is C15H21ClF2N2OS. The summed E-state index contributed by atoms with van der Waals surface area (Å²) >= 11 is 1.25. The van der Waals surface area contributed by atoms with E-state index in [0.717, 1.165) is 44.6 Å². The molecule has 0 aromatic heterocycles. The fourth-order valence-electron chi connectivity index (χ4n) is 2.55. The van der Waals surface area contributed by atoms with Crippen molar-refractivity contribution < 1.29 is 13.6 Å². The lowest BCUT2D eigenvalue weighted by Crippen LogP contribution is -2.43. The number of thioether (sulfide) groups is 1. The molecule has 1 aliphatic heterocycles. The molecule has 0 bridgehead atoms. The Labute approximate surface area is 140 Å². The van der Waals surface area contributed by atoms with Crippen molar-refractivity contribution in [2.75, 3.05) is 32.4 Å². The van der Waals surface area contributed by atoms with Crippen LogP contribution in [0.2, 0.25) is 0 Å². The van der Waals surface area contributed by atoms with Crippen molar-refractivity contribution >= 4 is 30.1 Å². The van der Waals surface area contributed by atoms with Gasteiger partial charge < -0.3 is 10.2 Å². The molecule has 0 radical (unpaired) electrons. The summed E-state index contributed by atoms with van der Waals surface area (Å²) in [6, 6.07) is 3.72. The predicted octanol–water partition coefficient (Wildman–Crippen LogP) is 2.94.